The summed E-state index contributed by atoms with van der Waals surface area (Å²) < 4.78 is 0. The lowest BCUT2D eigenvalue weighted by Crippen LogP contribution is -2.42. The van der Waals surface area contributed by atoms with Crippen LogP contribution in [0, 0.1) is 5.92 Å². The summed E-state index contributed by atoms with van der Waals surface area (Å²) >= 11 is 7.41. The number of thioether (sulfide) groups is 1. The number of benzene rings is 1. The molecule has 3 aromatic rings. The second-order valence-electron chi connectivity index (χ2n) is 7.29. The Labute approximate surface area is 173 Å². The van der Waals surface area contributed by atoms with Gasteiger partial charge in [0.05, 0.1) is 15.8 Å². The average molecular weight is 415 g/mol. The van der Waals surface area contributed by atoms with Crippen LogP contribution in [0.5, 0.6) is 0 Å². The summed E-state index contributed by atoms with van der Waals surface area (Å²) in [5.41, 5.74) is 2.79. The van der Waals surface area contributed by atoms with Gasteiger partial charge in [-0.2, -0.15) is 0 Å². The maximum atomic E-state index is 12.9. The number of H-pyrrole nitrogens is 1. The van der Waals surface area contributed by atoms with Gasteiger partial charge in [-0.05, 0) is 43.7 Å². The molecule has 1 fully saturated rings. The zero-order valence-corrected chi connectivity index (χ0v) is 17.3. The third-order valence-electron chi connectivity index (χ3n) is 5.21. The quantitative estimate of drug-likeness (QED) is 0.621. The molecular weight excluding hydrogens is 392 g/mol. The molecule has 4 rings (SSSR count). The van der Waals surface area contributed by atoms with E-state index in [2.05, 4.69) is 45.3 Å². The fourth-order valence-corrected chi connectivity index (χ4v) is 4.74. The number of hydrogen-bond acceptors (Lipinski definition) is 4. The first-order valence-electron chi connectivity index (χ1n) is 9.59. The van der Waals surface area contributed by atoms with Gasteiger partial charge in [0.25, 0.3) is 0 Å². The van der Waals surface area contributed by atoms with E-state index < -0.39 is 0 Å². The van der Waals surface area contributed by atoms with Crippen LogP contribution < -0.4 is 0 Å². The largest absolute Gasteiger partial charge is 0.342 e. The van der Waals surface area contributed by atoms with E-state index in [1.54, 1.807) is 12.3 Å². The lowest BCUT2D eigenvalue weighted by molar-refractivity contribution is -0.131. The van der Waals surface area contributed by atoms with E-state index in [9.17, 15) is 4.79 Å². The number of pyridine rings is 1. The number of rotatable bonds is 5. The van der Waals surface area contributed by atoms with Crippen LogP contribution in [0.2, 0.25) is 5.02 Å². The first-order chi connectivity index (χ1) is 13.6. The third kappa shape index (κ3) is 4.50. The highest BCUT2D eigenvalue weighted by atomic mass is 35.5. The van der Waals surface area contributed by atoms with E-state index in [4.69, 9.17) is 11.6 Å². The summed E-state index contributed by atoms with van der Waals surface area (Å²) in [5, 5.41) is 1.07. The van der Waals surface area contributed by atoms with Gasteiger partial charge < -0.3 is 9.88 Å². The molecule has 0 saturated carbocycles. The van der Waals surface area contributed by atoms with Crippen molar-refractivity contribution in [3.05, 3.63) is 53.2 Å². The van der Waals surface area contributed by atoms with Gasteiger partial charge >= 0.3 is 0 Å². The molecular formula is C21H23ClN4OS. The van der Waals surface area contributed by atoms with E-state index in [-0.39, 0.29) is 11.2 Å². The number of piperidine rings is 1. The molecule has 0 bridgehead atoms. The number of aromatic nitrogens is 3. The minimum absolute atomic E-state index is 0.176. The minimum atomic E-state index is -0.193. The molecule has 0 radical (unpaired) electrons. The van der Waals surface area contributed by atoms with Crippen LogP contribution in [0.15, 0.2) is 47.8 Å². The van der Waals surface area contributed by atoms with Crippen LogP contribution in [0.1, 0.15) is 25.3 Å². The fourth-order valence-electron chi connectivity index (χ4n) is 3.69. The topological polar surface area (TPSA) is 61.9 Å². The predicted molar refractivity (Wildman–Crippen MR) is 114 cm³/mol. The number of amides is 1. The summed E-state index contributed by atoms with van der Waals surface area (Å²) in [6.45, 7) is 3.60. The van der Waals surface area contributed by atoms with Crippen LogP contribution in [-0.4, -0.2) is 44.1 Å². The summed E-state index contributed by atoms with van der Waals surface area (Å²) in [6.07, 6.45) is 4.80. The molecule has 3 heterocycles. The number of nitrogens with zero attached hydrogens (tertiary/aromatic N) is 3. The van der Waals surface area contributed by atoms with Gasteiger partial charge in [0.15, 0.2) is 10.8 Å². The van der Waals surface area contributed by atoms with Gasteiger partial charge in [-0.1, -0.05) is 53.7 Å². The van der Waals surface area contributed by atoms with Crippen molar-refractivity contribution in [1.82, 2.24) is 19.9 Å². The monoisotopic (exact) mass is 414 g/mol. The molecule has 1 aliphatic heterocycles. The maximum absolute atomic E-state index is 12.9. The van der Waals surface area contributed by atoms with Crippen molar-refractivity contribution in [2.75, 3.05) is 13.1 Å². The highest BCUT2D eigenvalue weighted by molar-refractivity contribution is 8.00. The maximum Gasteiger partial charge on any atom is 0.235 e. The van der Waals surface area contributed by atoms with E-state index in [0.717, 1.165) is 37.9 Å². The average Bonchev–Trinajstić information content (AvgIpc) is 3.10. The fraction of sp³-hybridized carbons (Fsp3) is 0.381. The number of likely N-dealkylation sites (tertiary alicyclic amines) is 1. The molecule has 5 nitrogen and oxygen atoms in total. The summed E-state index contributed by atoms with van der Waals surface area (Å²) in [7, 11) is 0. The van der Waals surface area contributed by atoms with Crippen molar-refractivity contribution >= 4 is 40.4 Å². The number of carbonyl (C=O) groups excluding carboxylic acids is 1. The minimum Gasteiger partial charge on any atom is -0.342 e. The van der Waals surface area contributed by atoms with Crippen molar-refractivity contribution in [3.63, 3.8) is 0 Å². The summed E-state index contributed by atoms with van der Waals surface area (Å²) in [5.74, 6) is 0.829. The van der Waals surface area contributed by atoms with Crippen molar-refractivity contribution in [1.29, 1.82) is 0 Å². The molecule has 0 unspecified atom stereocenters. The van der Waals surface area contributed by atoms with Crippen molar-refractivity contribution in [2.45, 2.75) is 36.6 Å². The molecule has 1 N–H and O–H groups in total. The highest BCUT2D eigenvalue weighted by Crippen LogP contribution is 2.27. The summed E-state index contributed by atoms with van der Waals surface area (Å²) in [4.78, 5) is 26.7. The van der Waals surface area contributed by atoms with E-state index in [0.29, 0.717) is 21.7 Å². The van der Waals surface area contributed by atoms with E-state index in [1.165, 1.54) is 17.3 Å². The lowest BCUT2D eigenvalue weighted by Gasteiger charge is -2.33. The molecule has 146 valence electrons. The molecule has 2 aromatic heterocycles. The number of halogens is 1. The molecule has 0 aliphatic carbocycles. The Kier molecular flexibility index (Phi) is 5.87. The van der Waals surface area contributed by atoms with Gasteiger partial charge in [0.2, 0.25) is 5.91 Å². The first-order valence-corrected chi connectivity index (χ1v) is 10.8. The second-order valence-corrected chi connectivity index (χ2v) is 9.05. The van der Waals surface area contributed by atoms with Crippen LogP contribution >= 0.6 is 23.4 Å². The molecule has 1 saturated heterocycles. The lowest BCUT2D eigenvalue weighted by atomic mass is 9.90. The van der Waals surface area contributed by atoms with Crippen molar-refractivity contribution in [2.24, 2.45) is 5.92 Å². The Morgan fingerprint density at radius 3 is 2.82 bits per heavy atom. The second kappa shape index (κ2) is 8.53. The zero-order chi connectivity index (χ0) is 19.5. The Bertz CT molecular complexity index is 953. The number of nitrogens with one attached hydrogen (secondary N) is 1. The SMILES string of the molecule is C[C@@H](Sc1nc2ncc(Cl)cc2[nH]1)C(=O)N1CCC(Cc2ccccc2)CC1. The van der Waals surface area contributed by atoms with Crippen LogP contribution in [0.4, 0.5) is 0 Å². The number of hydrogen-bond donors (Lipinski definition) is 1. The molecule has 7 heteroatoms. The molecule has 1 aliphatic rings. The van der Waals surface area contributed by atoms with Crippen LogP contribution in [0.3, 0.4) is 0 Å². The molecule has 1 aromatic carbocycles. The Morgan fingerprint density at radius 2 is 2.07 bits per heavy atom. The Balaban J connectivity index is 1.31. The first kappa shape index (κ1) is 19.3. The number of aromatic amines is 1. The molecule has 28 heavy (non-hydrogen) atoms. The van der Waals surface area contributed by atoms with E-state index >= 15 is 0 Å². The summed E-state index contributed by atoms with van der Waals surface area (Å²) in [6, 6.07) is 12.4. The van der Waals surface area contributed by atoms with Crippen molar-refractivity contribution in [3.8, 4) is 0 Å². The third-order valence-corrected chi connectivity index (χ3v) is 6.39. The number of fused-ring (bicyclic) bond motifs is 1. The number of imidazole rings is 1. The van der Waals surface area contributed by atoms with Gasteiger partial charge in [-0.3, -0.25) is 4.79 Å². The Morgan fingerprint density at radius 1 is 1.32 bits per heavy atom. The molecule has 1 amide bonds. The molecule has 1 atom stereocenters. The number of carbonyl (C=O) groups is 1. The Hall–Kier alpha value is -2.05. The van der Waals surface area contributed by atoms with Crippen molar-refractivity contribution < 1.29 is 4.79 Å². The van der Waals surface area contributed by atoms with Gasteiger partial charge in [-0.25, -0.2) is 9.97 Å². The van der Waals surface area contributed by atoms with Crippen LogP contribution in [-0.2, 0) is 11.2 Å². The molecule has 0 spiro atoms. The van der Waals surface area contributed by atoms with Crippen LogP contribution in [0.25, 0.3) is 11.2 Å². The smallest absolute Gasteiger partial charge is 0.235 e. The predicted octanol–water partition coefficient (Wildman–Crippen LogP) is 4.57. The zero-order valence-electron chi connectivity index (χ0n) is 15.8. The van der Waals surface area contributed by atoms with E-state index in [1.807, 2.05) is 11.8 Å². The van der Waals surface area contributed by atoms with Gasteiger partial charge in [0, 0.05) is 19.3 Å². The highest BCUT2D eigenvalue weighted by Gasteiger charge is 2.27. The van der Waals surface area contributed by atoms with Gasteiger partial charge in [0.1, 0.15) is 0 Å². The van der Waals surface area contributed by atoms with Gasteiger partial charge in [-0.15, -0.1) is 0 Å². The normalized spacial score (nSPS) is 16.4. The standard InChI is InChI=1S/C21H23ClN4OS/c1-14(28-21-24-18-12-17(22)13-23-19(18)25-21)20(27)26-9-7-16(8-10-26)11-15-5-3-2-4-6-15/h2-6,12-14,16H,7-11H2,1H3,(H,23,24,25)/t14-/m1/s1.